The molecular formula is C13H18N4OS. The predicted molar refractivity (Wildman–Crippen MR) is 75.2 cm³/mol. The van der Waals surface area contributed by atoms with Crippen LogP contribution in [0.1, 0.15) is 19.3 Å². The van der Waals surface area contributed by atoms with E-state index in [0.29, 0.717) is 0 Å². The van der Waals surface area contributed by atoms with Crippen molar-refractivity contribution in [3.8, 4) is 11.6 Å². The van der Waals surface area contributed by atoms with Crippen molar-refractivity contribution < 1.29 is 4.42 Å². The van der Waals surface area contributed by atoms with E-state index in [0.717, 1.165) is 36.1 Å². The van der Waals surface area contributed by atoms with E-state index in [9.17, 15) is 0 Å². The number of piperidine rings is 1. The number of likely N-dealkylation sites (tertiary alicyclic amines) is 1. The highest BCUT2D eigenvalue weighted by atomic mass is 32.1. The van der Waals surface area contributed by atoms with E-state index in [-0.39, 0.29) is 0 Å². The van der Waals surface area contributed by atoms with Gasteiger partial charge in [-0.3, -0.25) is 4.90 Å². The number of aromatic nitrogens is 3. The van der Waals surface area contributed by atoms with Crippen molar-refractivity contribution in [2.75, 3.05) is 13.1 Å². The molecule has 0 radical (unpaired) electrons. The normalized spacial score (nSPS) is 16.9. The molecule has 1 aliphatic rings. The monoisotopic (exact) mass is 278 g/mol. The Bertz CT molecular complexity index is 593. The summed E-state index contributed by atoms with van der Waals surface area (Å²) in [5, 5.41) is 4.59. The van der Waals surface area contributed by atoms with Gasteiger partial charge >= 0.3 is 0 Å². The van der Waals surface area contributed by atoms with Crippen LogP contribution in [0.25, 0.3) is 11.6 Å². The lowest BCUT2D eigenvalue weighted by Crippen LogP contribution is -2.32. The number of nitrogens with zero attached hydrogens (tertiary/aromatic N) is 4. The molecule has 0 aromatic carbocycles. The summed E-state index contributed by atoms with van der Waals surface area (Å²) in [6.45, 7) is 3.04. The molecule has 0 amide bonds. The first-order valence-corrected chi connectivity index (χ1v) is 7.06. The van der Waals surface area contributed by atoms with Crippen molar-refractivity contribution in [3.05, 3.63) is 23.2 Å². The summed E-state index contributed by atoms with van der Waals surface area (Å²) in [5.74, 6) is 1.54. The van der Waals surface area contributed by atoms with Gasteiger partial charge in [-0.15, -0.1) is 5.10 Å². The zero-order chi connectivity index (χ0) is 13.2. The molecule has 1 saturated heterocycles. The van der Waals surface area contributed by atoms with Crippen LogP contribution in [0.4, 0.5) is 0 Å². The van der Waals surface area contributed by atoms with Gasteiger partial charge < -0.3 is 8.98 Å². The number of rotatable bonds is 3. The highest BCUT2D eigenvalue weighted by molar-refractivity contribution is 7.71. The fraction of sp³-hybridized carbons (Fsp3) is 0.538. The number of furan rings is 1. The van der Waals surface area contributed by atoms with Crippen molar-refractivity contribution in [1.29, 1.82) is 0 Å². The second-order valence-electron chi connectivity index (χ2n) is 4.96. The summed E-state index contributed by atoms with van der Waals surface area (Å²) in [7, 11) is 1.93. The third-order valence-corrected chi connectivity index (χ3v) is 4.05. The van der Waals surface area contributed by atoms with E-state index in [1.807, 2.05) is 28.4 Å². The molecule has 0 saturated carbocycles. The molecule has 2 aromatic rings. The van der Waals surface area contributed by atoms with Crippen LogP contribution in [0.3, 0.4) is 0 Å². The summed E-state index contributed by atoms with van der Waals surface area (Å²) >= 11 is 5.45. The Balaban J connectivity index is 1.86. The second-order valence-corrected chi connectivity index (χ2v) is 5.33. The van der Waals surface area contributed by atoms with Crippen LogP contribution in [-0.4, -0.2) is 32.3 Å². The lowest BCUT2D eigenvalue weighted by molar-refractivity contribution is 0.172. The zero-order valence-corrected chi connectivity index (χ0v) is 11.9. The molecule has 102 valence electrons. The standard InChI is InChI=1S/C13H18N4OS/c1-15-12(11-6-5-9-18-11)14-17(13(15)19)10-16-7-3-2-4-8-16/h5-6,9H,2-4,7-8,10H2,1H3. The van der Waals surface area contributed by atoms with Gasteiger partial charge in [-0.05, 0) is 50.3 Å². The van der Waals surface area contributed by atoms with Crippen LogP contribution in [0.15, 0.2) is 22.8 Å². The molecule has 0 unspecified atom stereocenters. The van der Waals surface area contributed by atoms with Gasteiger partial charge in [-0.1, -0.05) is 6.42 Å². The quantitative estimate of drug-likeness (QED) is 0.809. The maximum absolute atomic E-state index is 5.45. The molecule has 6 heteroatoms. The van der Waals surface area contributed by atoms with E-state index in [1.54, 1.807) is 6.26 Å². The van der Waals surface area contributed by atoms with Crippen molar-refractivity contribution in [1.82, 2.24) is 19.2 Å². The minimum Gasteiger partial charge on any atom is -0.461 e. The molecule has 2 aromatic heterocycles. The molecule has 0 aliphatic carbocycles. The maximum atomic E-state index is 5.45. The molecule has 0 atom stereocenters. The van der Waals surface area contributed by atoms with Crippen molar-refractivity contribution in [3.63, 3.8) is 0 Å². The van der Waals surface area contributed by atoms with E-state index in [2.05, 4.69) is 10.00 Å². The summed E-state index contributed by atoms with van der Waals surface area (Å²) < 4.78 is 9.92. The summed E-state index contributed by atoms with van der Waals surface area (Å²) in [6.07, 6.45) is 5.53. The topological polar surface area (TPSA) is 39.1 Å². The average Bonchev–Trinajstić information content (AvgIpc) is 3.04. The Morgan fingerprint density at radius 3 is 2.79 bits per heavy atom. The van der Waals surface area contributed by atoms with Crippen molar-refractivity contribution in [2.45, 2.75) is 25.9 Å². The van der Waals surface area contributed by atoms with Gasteiger partial charge in [0.2, 0.25) is 0 Å². The van der Waals surface area contributed by atoms with Crippen molar-refractivity contribution in [2.24, 2.45) is 7.05 Å². The fourth-order valence-corrected chi connectivity index (χ4v) is 2.68. The Kier molecular flexibility index (Phi) is 3.52. The van der Waals surface area contributed by atoms with Gasteiger partial charge in [0.05, 0.1) is 12.9 Å². The van der Waals surface area contributed by atoms with Crippen LogP contribution >= 0.6 is 12.2 Å². The van der Waals surface area contributed by atoms with Gasteiger partial charge in [-0.2, -0.15) is 0 Å². The van der Waals surface area contributed by atoms with Crippen molar-refractivity contribution >= 4 is 12.2 Å². The van der Waals surface area contributed by atoms with Crippen LogP contribution in [0, 0.1) is 4.77 Å². The molecule has 0 N–H and O–H groups in total. The average molecular weight is 278 g/mol. The van der Waals surface area contributed by atoms with Gasteiger partial charge in [0.15, 0.2) is 16.4 Å². The first-order chi connectivity index (χ1) is 9.25. The lowest BCUT2D eigenvalue weighted by atomic mass is 10.1. The SMILES string of the molecule is Cn1c(-c2ccco2)nn(CN2CCCCC2)c1=S. The zero-order valence-electron chi connectivity index (χ0n) is 11.1. The molecule has 3 heterocycles. The third kappa shape index (κ3) is 2.50. The lowest BCUT2D eigenvalue weighted by Gasteiger charge is -2.25. The summed E-state index contributed by atoms with van der Waals surface area (Å²) in [4.78, 5) is 2.40. The van der Waals surface area contributed by atoms with Crippen LogP contribution in [-0.2, 0) is 13.7 Å². The largest absolute Gasteiger partial charge is 0.461 e. The van der Waals surface area contributed by atoms with Crippen LogP contribution < -0.4 is 0 Å². The maximum Gasteiger partial charge on any atom is 0.199 e. The molecule has 0 bridgehead atoms. The summed E-state index contributed by atoms with van der Waals surface area (Å²) in [6, 6.07) is 3.77. The third-order valence-electron chi connectivity index (χ3n) is 3.57. The van der Waals surface area contributed by atoms with Gasteiger partial charge in [0.1, 0.15) is 0 Å². The Morgan fingerprint density at radius 1 is 1.32 bits per heavy atom. The van der Waals surface area contributed by atoms with Crippen LogP contribution in [0.2, 0.25) is 0 Å². The highest BCUT2D eigenvalue weighted by Gasteiger charge is 2.15. The Labute approximate surface area is 117 Å². The molecule has 0 spiro atoms. The van der Waals surface area contributed by atoms with E-state index >= 15 is 0 Å². The molecule has 1 fully saturated rings. The minimum absolute atomic E-state index is 0.733. The first-order valence-electron chi connectivity index (χ1n) is 6.66. The van der Waals surface area contributed by atoms with Crippen LogP contribution in [0.5, 0.6) is 0 Å². The van der Waals surface area contributed by atoms with Gasteiger partial charge in [-0.25, -0.2) is 4.68 Å². The predicted octanol–water partition coefficient (Wildman–Crippen LogP) is 2.65. The highest BCUT2D eigenvalue weighted by Crippen LogP contribution is 2.18. The molecular weight excluding hydrogens is 260 g/mol. The van der Waals surface area contributed by atoms with Gasteiger partial charge in [0, 0.05) is 7.05 Å². The first kappa shape index (κ1) is 12.6. The minimum atomic E-state index is 0.733. The number of hydrogen-bond donors (Lipinski definition) is 0. The van der Waals surface area contributed by atoms with E-state index in [4.69, 9.17) is 16.6 Å². The second kappa shape index (κ2) is 5.30. The fourth-order valence-electron chi connectivity index (χ4n) is 2.49. The smallest absolute Gasteiger partial charge is 0.199 e. The van der Waals surface area contributed by atoms with Gasteiger partial charge in [0.25, 0.3) is 0 Å². The molecule has 19 heavy (non-hydrogen) atoms. The molecule has 1 aliphatic heterocycles. The Morgan fingerprint density at radius 2 is 2.11 bits per heavy atom. The molecule has 3 rings (SSSR count). The Hall–Kier alpha value is -1.40. The van der Waals surface area contributed by atoms with E-state index < -0.39 is 0 Å². The summed E-state index contributed by atoms with van der Waals surface area (Å²) in [5.41, 5.74) is 0. The molecule has 5 nitrogen and oxygen atoms in total. The number of hydrogen-bond acceptors (Lipinski definition) is 4. The van der Waals surface area contributed by atoms with E-state index in [1.165, 1.54) is 19.3 Å².